The van der Waals surface area contributed by atoms with Crippen molar-refractivity contribution in [1.82, 2.24) is 14.9 Å². The molecule has 0 aromatic heterocycles. The van der Waals surface area contributed by atoms with E-state index in [1.165, 1.54) is 16.4 Å². The predicted octanol–water partition coefficient (Wildman–Crippen LogP) is 2.53. The number of hydrogen-bond acceptors (Lipinski definition) is 12. The lowest BCUT2D eigenvalue weighted by Crippen LogP contribution is -2.51. The van der Waals surface area contributed by atoms with Gasteiger partial charge in [-0.2, -0.15) is 4.31 Å². The van der Waals surface area contributed by atoms with Gasteiger partial charge in [-0.1, -0.05) is 26.0 Å². The number of hydrogen-bond donors (Lipinski definition) is 3. The van der Waals surface area contributed by atoms with Gasteiger partial charge in [0.1, 0.15) is 11.9 Å². The Hall–Kier alpha value is -3.18. The van der Waals surface area contributed by atoms with Crippen LogP contribution in [0.4, 0.5) is 4.79 Å². The summed E-state index contributed by atoms with van der Waals surface area (Å²) < 4.78 is 67.6. The quantitative estimate of drug-likeness (QED) is 0.183. The lowest BCUT2D eigenvalue weighted by molar-refractivity contribution is -0.0907. The van der Waals surface area contributed by atoms with Gasteiger partial charge >= 0.3 is 6.09 Å². The minimum atomic E-state index is -4.06. The molecule has 5 rings (SSSR count). The van der Waals surface area contributed by atoms with Gasteiger partial charge in [-0.05, 0) is 61.6 Å². The molecule has 2 fully saturated rings. The van der Waals surface area contributed by atoms with Crippen molar-refractivity contribution in [2.75, 3.05) is 66.5 Å². The Kier molecular flexibility index (Phi) is 13.4. The van der Waals surface area contributed by atoms with Crippen molar-refractivity contribution in [2.24, 2.45) is 11.8 Å². The summed E-state index contributed by atoms with van der Waals surface area (Å²) in [5.41, 5.74) is 0.806. The maximum atomic E-state index is 13.9. The Morgan fingerprint density at radius 3 is 2.61 bits per heavy atom. The van der Waals surface area contributed by atoms with E-state index in [2.05, 4.69) is 10.6 Å². The summed E-state index contributed by atoms with van der Waals surface area (Å²) in [5, 5.41) is 17.7. The van der Waals surface area contributed by atoms with Crippen LogP contribution >= 0.6 is 0 Å². The van der Waals surface area contributed by atoms with Crippen molar-refractivity contribution in [3.8, 4) is 17.2 Å². The van der Waals surface area contributed by atoms with Gasteiger partial charge in [0.05, 0.1) is 49.4 Å². The summed E-state index contributed by atoms with van der Waals surface area (Å²) in [4.78, 5) is 13.3. The van der Waals surface area contributed by atoms with E-state index in [0.717, 1.165) is 31.5 Å². The van der Waals surface area contributed by atoms with Gasteiger partial charge < -0.3 is 48.9 Å². The molecule has 272 valence electrons. The van der Waals surface area contributed by atoms with Gasteiger partial charge in [0.25, 0.3) is 0 Å². The molecule has 0 radical (unpaired) electrons. The van der Waals surface area contributed by atoms with Crippen LogP contribution in [-0.2, 0) is 35.4 Å². The number of alkyl carbamates (subject to hydrolysis) is 1. The lowest BCUT2D eigenvalue weighted by atomic mass is 10.0. The second-order valence-corrected chi connectivity index (χ2v) is 14.7. The average molecular weight is 708 g/mol. The molecule has 2 saturated heterocycles. The molecule has 2 aromatic rings. The van der Waals surface area contributed by atoms with E-state index < -0.39 is 40.7 Å². The van der Waals surface area contributed by atoms with Crippen LogP contribution in [0.1, 0.15) is 32.3 Å². The summed E-state index contributed by atoms with van der Waals surface area (Å²) in [5.74, 6) is 1.39. The molecule has 1 amide bonds. The molecule has 5 unspecified atom stereocenters. The zero-order valence-corrected chi connectivity index (χ0v) is 29.2. The van der Waals surface area contributed by atoms with E-state index in [0.29, 0.717) is 37.1 Å². The Morgan fingerprint density at radius 1 is 1.04 bits per heavy atom. The highest BCUT2D eigenvalue weighted by molar-refractivity contribution is 7.89. The molecule has 3 heterocycles. The topological polar surface area (TPSA) is 163 Å². The van der Waals surface area contributed by atoms with Crippen LogP contribution < -0.4 is 24.8 Å². The van der Waals surface area contributed by atoms with Crippen molar-refractivity contribution in [3.05, 3.63) is 48.0 Å². The third-order valence-electron chi connectivity index (χ3n) is 8.58. The molecule has 3 aliphatic rings. The van der Waals surface area contributed by atoms with E-state index in [1.54, 1.807) is 13.2 Å². The highest BCUT2D eigenvalue weighted by atomic mass is 32.2. The molecule has 14 nitrogen and oxygen atoms in total. The molecule has 49 heavy (non-hydrogen) atoms. The number of methoxy groups -OCH3 is 1. The van der Waals surface area contributed by atoms with Crippen LogP contribution in [0.25, 0.3) is 0 Å². The van der Waals surface area contributed by atoms with Crippen LogP contribution in [0, 0.1) is 11.8 Å². The minimum absolute atomic E-state index is 0.0119. The SMILES string of the molecule is COCCNCCCOc1ccc(CC(NC(=O)OC2COC3OCCC23)C(O)CN(CC(C)C)S(=O)(=O)c2ccc3c(c2)OCO3)cc1. The maximum Gasteiger partial charge on any atom is 0.407 e. The highest BCUT2D eigenvalue weighted by Crippen LogP contribution is 2.35. The third-order valence-corrected chi connectivity index (χ3v) is 10.4. The summed E-state index contributed by atoms with van der Waals surface area (Å²) in [7, 11) is -2.40. The second kappa shape index (κ2) is 17.7. The number of rotatable bonds is 19. The standard InChI is InChI=1S/C34H49N3O11S/c1-23(2)19-37(49(40,41)26-9-10-30-31(18-26)47-22-46-30)20-29(38)28(36-34(39)48-32-21-45-33-27(32)11-15-44-33)17-24-5-7-25(8-6-24)43-14-4-12-35-13-16-42-3/h5-10,18,23,27-29,32-33,35,38H,4,11-17,19-22H2,1-3H3,(H,36,39). The normalized spacial score (nSPS) is 21.1. The van der Waals surface area contributed by atoms with Crippen molar-refractivity contribution < 1.29 is 51.5 Å². The van der Waals surface area contributed by atoms with E-state index in [4.69, 9.17) is 33.2 Å². The van der Waals surface area contributed by atoms with E-state index >= 15 is 0 Å². The van der Waals surface area contributed by atoms with Gasteiger partial charge in [-0.3, -0.25) is 0 Å². The molecule has 2 aromatic carbocycles. The molecule has 15 heteroatoms. The monoisotopic (exact) mass is 707 g/mol. The fourth-order valence-corrected chi connectivity index (χ4v) is 7.65. The van der Waals surface area contributed by atoms with Gasteiger partial charge in [0.2, 0.25) is 16.8 Å². The van der Waals surface area contributed by atoms with Crippen LogP contribution in [0.2, 0.25) is 0 Å². The number of carbonyl (C=O) groups excluding carboxylic acids is 1. The van der Waals surface area contributed by atoms with Crippen LogP contribution in [0.5, 0.6) is 17.2 Å². The second-order valence-electron chi connectivity index (χ2n) is 12.8. The largest absolute Gasteiger partial charge is 0.494 e. The zero-order chi connectivity index (χ0) is 34.8. The molecule has 0 aliphatic carbocycles. The van der Waals surface area contributed by atoms with Crippen molar-refractivity contribution >= 4 is 16.1 Å². The summed E-state index contributed by atoms with van der Waals surface area (Å²) in [6.45, 7) is 7.20. The molecule has 5 atom stereocenters. The third kappa shape index (κ3) is 10.2. The summed E-state index contributed by atoms with van der Waals surface area (Å²) in [6.07, 6.45) is -1.14. The molecular formula is C34H49N3O11S. The first-order valence-corrected chi connectivity index (χ1v) is 18.3. The Labute approximate surface area is 288 Å². The first-order valence-electron chi connectivity index (χ1n) is 16.8. The maximum absolute atomic E-state index is 13.9. The lowest BCUT2D eigenvalue weighted by Gasteiger charge is -2.31. The number of sulfonamides is 1. The van der Waals surface area contributed by atoms with E-state index in [9.17, 15) is 18.3 Å². The number of carbonyl (C=O) groups is 1. The van der Waals surface area contributed by atoms with Crippen LogP contribution in [-0.4, -0.2) is 115 Å². The predicted molar refractivity (Wildman–Crippen MR) is 178 cm³/mol. The van der Waals surface area contributed by atoms with Gasteiger partial charge in [-0.15, -0.1) is 0 Å². The Morgan fingerprint density at radius 2 is 1.84 bits per heavy atom. The fourth-order valence-electron chi connectivity index (χ4n) is 6.02. The number of nitrogens with zero attached hydrogens (tertiary/aromatic N) is 1. The average Bonchev–Trinajstić information content (AvgIpc) is 3.83. The molecule has 0 saturated carbocycles. The molecular weight excluding hydrogens is 658 g/mol. The number of nitrogens with one attached hydrogen (secondary N) is 2. The number of amides is 1. The number of aliphatic hydroxyl groups is 1. The fraction of sp³-hybridized carbons (Fsp3) is 0.618. The van der Waals surface area contributed by atoms with Crippen molar-refractivity contribution in [3.63, 3.8) is 0 Å². The number of ether oxygens (including phenoxy) is 7. The summed E-state index contributed by atoms with van der Waals surface area (Å²) in [6, 6.07) is 10.9. The smallest absolute Gasteiger partial charge is 0.407 e. The minimum Gasteiger partial charge on any atom is -0.494 e. The molecule has 0 bridgehead atoms. The highest BCUT2D eigenvalue weighted by Gasteiger charge is 2.44. The first-order chi connectivity index (χ1) is 23.6. The number of fused-ring (bicyclic) bond motifs is 2. The zero-order valence-electron chi connectivity index (χ0n) is 28.4. The molecule has 3 N–H and O–H groups in total. The van der Waals surface area contributed by atoms with E-state index in [1.807, 2.05) is 38.1 Å². The van der Waals surface area contributed by atoms with Gasteiger partial charge in [0.15, 0.2) is 17.8 Å². The number of aliphatic hydroxyl groups excluding tert-OH is 1. The first kappa shape index (κ1) is 37.1. The Balaban J connectivity index is 1.27. The van der Waals surface area contributed by atoms with E-state index in [-0.39, 0.29) is 49.6 Å². The van der Waals surface area contributed by atoms with Crippen molar-refractivity contribution in [2.45, 2.75) is 62.5 Å². The van der Waals surface area contributed by atoms with Crippen molar-refractivity contribution in [1.29, 1.82) is 0 Å². The van der Waals surface area contributed by atoms with Gasteiger partial charge in [-0.25, -0.2) is 13.2 Å². The summed E-state index contributed by atoms with van der Waals surface area (Å²) >= 11 is 0. The van der Waals surface area contributed by atoms with Crippen LogP contribution in [0.15, 0.2) is 47.4 Å². The van der Waals surface area contributed by atoms with Crippen LogP contribution in [0.3, 0.4) is 0 Å². The molecule has 0 spiro atoms. The Bertz CT molecular complexity index is 1460. The molecule has 3 aliphatic heterocycles. The van der Waals surface area contributed by atoms with Gasteiger partial charge in [0, 0.05) is 32.8 Å². The number of benzene rings is 2.